The van der Waals surface area contributed by atoms with E-state index in [0.29, 0.717) is 5.82 Å². The van der Waals surface area contributed by atoms with Crippen LogP contribution in [0.4, 0.5) is 0 Å². The number of nitrogens with zero attached hydrogens (tertiary/aromatic N) is 2. The van der Waals surface area contributed by atoms with Crippen LogP contribution >= 0.6 is 23.2 Å². The van der Waals surface area contributed by atoms with Crippen molar-refractivity contribution < 1.29 is 5.11 Å². The smallest absolute Gasteiger partial charge is 0.191 e. The first-order valence-corrected chi connectivity index (χ1v) is 5.32. The van der Waals surface area contributed by atoms with E-state index in [9.17, 15) is 5.11 Å². The minimum absolute atomic E-state index is 0.0449. The number of aryl methyl sites for hydroxylation is 1. The zero-order chi connectivity index (χ0) is 11.7. The third-order valence-corrected chi connectivity index (χ3v) is 2.60. The Balaban J connectivity index is 2.57. The van der Waals surface area contributed by atoms with Crippen LogP contribution in [-0.4, -0.2) is 15.1 Å². The summed E-state index contributed by atoms with van der Waals surface area (Å²) in [7, 11) is 0. The van der Waals surface area contributed by atoms with Gasteiger partial charge in [-0.2, -0.15) is 0 Å². The Morgan fingerprint density at radius 2 is 1.75 bits per heavy atom. The lowest BCUT2D eigenvalue weighted by Crippen LogP contribution is -1.91. The number of rotatable bonds is 1. The maximum absolute atomic E-state index is 9.34. The van der Waals surface area contributed by atoms with Crippen LogP contribution in [0.1, 0.15) is 5.56 Å². The van der Waals surface area contributed by atoms with Gasteiger partial charge in [0.2, 0.25) is 0 Å². The van der Waals surface area contributed by atoms with Crippen molar-refractivity contribution >= 4 is 23.2 Å². The number of hydrogen-bond acceptors (Lipinski definition) is 3. The number of aromatic nitrogens is 2. The number of hydrogen-bond donors (Lipinski definition) is 1. The van der Waals surface area contributed by atoms with E-state index in [-0.39, 0.29) is 16.1 Å². The maximum atomic E-state index is 9.34. The monoisotopic (exact) mass is 254 g/mol. The summed E-state index contributed by atoms with van der Waals surface area (Å²) < 4.78 is 0. The summed E-state index contributed by atoms with van der Waals surface area (Å²) in [4.78, 5) is 7.93. The van der Waals surface area contributed by atoms with Gasteiger partial charge in [-0.05, 0) is 13.0 Å². The number of benzene rings is 1. The molecule has 0 aliphatic rings. The van der Waals surface area contributed by atoms with E-state index >= 15 is 0 Å². The molecule has 82 valence electrons. The molecule has 0 saturated heterocycles. The standard InChI is InChI=1S/C11H8Cl2N2O/c1-6-3-2-4-7(5-6)11-14-9(12)8(16)10(13)15-11/h2-5,16H,1H3. The van der Waals surface area contributed by atoms with E-state index in [1.54, 1.807) is 0 Å². The maximum Gasteiger partial charge on any atom is 0.191 e. The highest BCUT2D eigenvalue weighted by Crippen LogP contribution is 2.30. The van der Waals surface area contributed by atoms with Crippen LogP contribution in [0.3, 0.4) is 0 Å². The van der Waals surface area contributed by atoms with E-state index in [2.05, 4.69) is 9.97 Å². The van der Waals surface area contributed by atoms with E-state index in [0.717, 1.165) is 11.1 Å². The third kappa shape index (κ3) is 2.10. The first kappa shape index (κ1) is 11.2. The van der Waals surface area contributed by atoms with E-state index < -0.39 is 0 Å². The molecule has 0 radical (unpaired) electrons. The lowest BCUT2D eigenvalue weighted by molar-refractivity contribution is 0.470. The second-order valence-corrected chi connectivity index (χ2v) is 4.06. The highest BCUT2D eigenvalue weighted by Gasteiger charge is 2.11. The molecular weight excluding hydrogens is 247 g/mol. The highest BCUT2D eigenvalue weighted by atomic mass is 35.5. The minimum atomic E-state index is -0.292. The van der Waals surface area contributed by atoms with Crippen LogP contribution in [0.5, 0.6) is 5.75 Å². The van der Waals surface area contributed by atoms with Gasteiger partial charge in [-0.25, -0.2) is 9.97 Å². The summed E-state index contributed by atoms with van der Waals surface area (Å²) in [6.07, 6.45) is 0. The van der Waals surface area contributed by atoms with Crippen LogP contribution in [0.25, 0.3) is 11.4 Å². The molecule has 0 bridgehead atoms. The normalized spacial score (nSPS) is 10.4. The lowest BCUT2D eigenvalue weighted by Gasteiger charge is -2.04. The van der Waals surface area contributed by atoms with Gasteiger partial charge in [-0.1, -0.05) is 47.0 Å². The molecule has 0 saturated carbocycles. The van der Waals surface area contributed by atoms with E-state index in [1.807, 2.05) is 31.2 Å². The van der Waals surface area contributed by atoms with Crippen LogP contribution < -0.4 is 0 Å². The molecule has 1 aromatic carbocycles. The Kier molecular flexibility index (Phi) is 2.99. The summed E-state index contributed by atoms with van der Waals surface area (Å²) >= 11 is 11.4. The van der Waals surface area contributed by atoms with Gasteiger partial charge in [0, 0.05) is 5.56 Å². The average Bonchev–Trinajstić information content (AvgIpc) is 2.25. The highest BCUT2D eigenvalue weighted by molar-refractivity contribution is 6.35. The quantitative estimate of drug-likeness (QED) is 0.793. The Labute approximate surface area is 103 Å². The van der Waals surface area contributed by atoms with Gasteiger partial charge in [0.25, 0.3) is 0 Å². The molecule has 0 unspecified atom stereocenters. The summed E-state index contributed by atoms with van der Waals surface area (Å²) in [5.41, 5.74) is 1.89. The third-order valence-electron chi connectivity index (χ3n) is 2.08. The van der Waals surface area contributed by atoms with Crippen molar-refractivity contribution in [1.29, 1.82) is 0 Å². The van der Waals surface area contributed by atoms with Crippen molar-refractivity contribution in [2.24, 2.45) is 0 Å². The molecule has 2 rings (SSSR count). The number of halogens is 2. The Bertz CT molecular complexity index is 520. The fourth-order valence-corrected chi connectivity index (χ4v) is 1.70. The number of aromatic hydroxyl groups is 1. The molecule has 1 N–H and O–H groups in total. The second-order valence-electron chi connectivity index (χ2n) is 3.35. The Morgan fingerprint density at radius 1 is 1.12 bits per heavy atom. The zero-order valence-corrected chi connectivity index (χ0v) is 9.92. The Hall–Kier alpha value is -1.32. The molecule has 0 fully saturated rings. The van der Waals surface area contributed by atoms with Gasteiger partial charge in [0.15, 0.2) is 21.9 Å². The molecule has 3 nitrogen and oxygen atoms in total. The van der Waals surface area contributed by atoms with Crippen LogP contribution in [0.15, 0.2) is 24.3 Å². The molecule has 5 heteroatoms. The fraction of sp³-hybridized carbons (Fsp3) is 0.0909. The topological polar surface area (TPSA) is 46.0 Å². The van der Waals surface area contributed by atoms with Crippen LogP contribution in [0.2, 0.25) is 10.3 Å². The first-order chi connectivity index (χ1) is 7.58. The van der Waals surface area contributed by atoms with Gasteiger partial charge in [0.1, 0.15) is 0 Å². The minimum Gasteiger partial charge on any atom is -0.503 e. The summed E-state index contributed by atoms with van der Waals surface area (Å²) in [6, 6.07) is 7.63. The Morgan fingerprint density at radius 3 is 2.31 bits per heavy atom. The molecule has 1 aromatic heterocycles. The van der Waals surface area contributed by atoms with Crippen molar-refractivity contribution in [1.82, 2.24) is 9.97 Å². The predicted octanol–water partition coefficient (Wildman–Crippen LogP) is 3.46. The zero-order valence-electron chi connectivity index (χ0n) is 8.41. The van der Waals surface area contributed by atoms with Crippen molar-refractivity contribution in [3.63, 3.8) is 0 Å². The SMILES string of the molecule is Cc1cccc(-c2nc(Cl)c(O)c(Cl)n2)c1. The van der Waals surface area contributed by atoms with Gasteiger partial charge in [0.05, 0.1) is 0 Å². The largest absolute Gasteiger partial charge is 0.503 e. The molecular formula is C11H8Cl2N2O. The lowest BCUT2D eigenvalue weighted by atomic mass is 10.1. The fourth-order valence-electron chi connectivity index (χ4n) is 1.32. The van der Waals surface area contributed by atoms with Gasteiger partial charge in [-0.15, -0.1) is 0 Å². The second kappa shape index (κ2) is 4.28. The van der Waals surface area contributed by atoms with Gasteiger partial charge < -0.3 is 5.11 Å². The average molecular weight is 255 g/mol. The van der Waals surface area contributed by atoms with Crippen molar-refractivity contribution in [2.45, 2.75) is 6.92 Å². The molecule has 0 aliphatic heterocycles. The van der Waals surface area contributed by atoms with Crippen molar-refractivity contribution in [3.05, 3.63) is 40.1 Å². The molecule has 0 atom stereocenters. The summed E-state index contributed by atoms with van der Waals surface area (Å²) in [5, 5.41) is 9.25. The van der Waals surface area contributed by atoms with Crippen molar-refractivity contribution in [3.8, 4) is 17.1 Å². The molecule has 0 aliphatic carbocycles. The molecule has 0 spiro atoms. The van der Waals surface area contributed by atoms with Crippen molar-refractivity contribution in [2.75, 3.05) is 0 Å². The van der Waals surface area contributed by atoms with Gasteiger partial charge >= 0.3 is 0 Å². The van der Waals surface area contributed by atoms with Crippen LogP contribution in [-0.2, 0) is 0 Å². The molecule has 16 heavy (non-hydrogen) atoms. The summed E-state index contributed by atoms with van der Waals surface area (Å²) in [5.74, 6) is 0.108. The summed E-state index contributed by atoms with van der Waals surface area (Å²) in [6.45, 7) is 1.97. The van der Waals surface area contributed by atoms with Crippen LogP contribution in [0, 0.1) is 6.92 Å². The van der Waals surface area contributed by atoms with E-state index in [4.69, 9.17) is 23.2 Å². The van der Waals surface area contributed by atoms with E-state index in [1.165, 1.54) is 0 Å². The molecule has 1 heterocycles. The first-order valence-electron chi connectivity index (χ1n) is 4.57. The predicted molar refractivity (Wildman–Crippen MR) is 63.9 cm³/mol. The van der Waals surface area contributed by atoms with Gasteiger partial charge in [-0.3, -0.25) is 0 Å². The molecule has 0 amide bonds. The molecule has 2 aromatic rings.